The second-order valence-electron chi connectivity index (χ2n) is 14.5. The van der Waals surface area contributed by atoms with Crippen LogP contribution in [0.25, 0.3) is 6.08 Å². The molecule has 1 N–H and O–H groups in total. The van der Waals surface area contributed by atoms with Gasteiger partial charge in [-0.2, -0.15) is 18.2 Å². The number of ether oxygens (including phenoxy) is 5. The summed E-state index contributed by atoms with van der Waals surface area (Å²) in [6, 6.07) is 25.1. The molecule has 1 amide bonds. The van der Waals surface area contributed by atoms with Crippen LogP contribution in [0.4, 0.5) is 19.0 Å². The molecule has 15 heteroatoms. The van der Waals surface area contributed by atoms with Gasteiger partial charge in [0.05, 0.1) is 38.9 Å². The zero-order valence-electron chi connectivity index (χ0n) is 32.9. The van der Waals surface area contributed by atoms with Gasteiger partial charge in [0.2, 0.25) is 0 Å². The molecule has 57 heavy (non-hydrogen) atoms. The van der Waals surface area contributed by atoms with Crippen LogP contribution >= 0.6 is 0 Å². The van der Waals surface area contributed by atoms with Crippen molar-refractivity contribution in [3.05, 3.63) is 124 Å². The van der Waals surface area contributed by atoms with Gasteiger partial charge < -0.3 is 33.9 Å². The first-order valence-corrected chi connectivity index (χ1v) is 18.2. The molecule has 1 aliphatic heterocycles. The summed E-state index contributed by atoms with van der Waals surface area (Å²) >= 11 is 0. The number of rotatable bonds is 15. The van der Waals surface area contributed by atoms with Crippen LogP contribution in [-0.4, -0.2) is 92.1 Å². The van der Waals surface area contributed by atoms with Gasteiger partial charge in [0, 0.05) is 38.8 Å². The Labute approximate surface area is 329 Å². The van der Waals surface area contributed by atoms with E-state index in [1.165, 1.54) is 29.3 Å². The van der Waals surface area contributed by atoms with E-state index >= 15 is 0 Å². The van der Waals surface area contributed by atoms with Crippen molar-refractivity contribution in [1.29, 1.82) is 0 Å². The first-order chi connectivity index (χ1) is 27.0. The van der Waals surface area contributed by atoms with Crippen molar-refractivity contribution < 1.29 is 41.7 Å². The summed E-state index contributed by atoms with van der Waals surface area (Å²) in [4.78, 5) is 35.1. The van der Waals surface area contributed by atoms with Crippen molar-refractivity contribution in [1.82, 2.24) is 19.8 Å². The van der Waals surface area contributed by atoms with Crippen molar-refractivity contribution in [3.63, 3.8) is 0 Å². The van der Waals surface area contributed by atoms with Gasteiger partial charge >= 0.3 is 17.8 Å². The Kier molecular flexibility index (Phi) is 13.6. The highest BCUT2D eigenvalue weighted by atomic mass is 19.4. The number of aliphatic imine (C=N–C) groups is 1. The maximum atomic E-state index is 13.6. The topological polar surface area (TPSA) is 126 Å². The Hall–Kier alpha value is -5.51. The number of aromatic nitrogens is 2. The van der Waals surface area contributed by atoms with Gasteiger partial charge in [-0.1, -0.05) is 66.7 Å². The average molecular weight is 792 g/mol. The molecule has 1 aromatic heterocycles. The third-order valence-corrected chi connectivity index (χ3v) is 8.94. The lowest BCUT2D eigenvalue weighted by Crippen LogP contribution is -2.40. The highest BCUT2D eigenvalue weighted by Gasteiger charge is 2.44. The van der Waals surface area contributed by atoms with Crippen LogP contribution in [0.2, 0.25) is 0 Å². The normalized spacial score (nSPS) is 17.6. The monoisotopic (exact) mass is 791 g/mol. The Morgan fingerprint density at radius 1 is 0.947 bits per heavy atom. The minimum atomic E-state index is -5.03. The van der Waals surface area contributed by atoms with Crippen molar-refractivity contribution in [2.45, 2.75) is 63.0 Å². The summed E-state index contributed by atoms with van der Waals surface area (Å²) in [6.45, 7) is 5.36. The van der Waals surface area contributed by atoms with E-state index in [4.69, 9.17) is 23.7 Å². The van der Waals surface area contributed by atoms with Crippen LogP contribution in [-0.2, 0) is 24.6 Å². The van der Waals surface area contributed by atoms with Gasteiger partial charge in [-0.05, 0) is 61.7 Å². The third-order valence-electron chi connectivity index (χ3n) is 8.94. The Morgan fingerprint density at radius 3 is 2.05 bits per heavy atom. The second-order valence-corrected chi connectivity index (χ2v) is 14.5. The molecule has 0 radical (unpaired) electrons. The molecule has 0 aliphatic carbocycles. The largest absolute Gasteiger partial charge is 0.497 e. The van der Waals surface area contributed by atoms with Crippen LogP contribution in [0.5, 0.6) is 11.5 Å². The number of carbonyl (C=O) groups is 1. The van der Waals surface area contributed by atoms with Crippen LogP contribution in [0, 0.1) is 0 Å². The Morgan fingerprint density at radius 2 is 1.53 bits per heavy atom. The van der Waals surface area contributed by atoms with Gasteiger partial charge in [0.1, 0.15) is 29.4 Å². The fourth-order valence-electron chi connectivity index (χ4n) is 6.39. The van der Waals surface area contributed by atoms with E-state index in [9.17, 15) is 22.8 Å². The zero-order valence-corrected chi connectivity index (χ0v) is 32.9. The molecule has 0 bridgehead atoms. The molecule has 304 valence electrons. The number of halogens is 3. The van der Waals surface area contributed by atoms with Gasteiger partial charge in [-0.25, -0.2) is 9.79 Å². The molecule has 0 spiro atoms. The molecule has 1 saturated heterocycles. The Bertz CT molecular complexity index is 2020. The van der Waals surface area contributed by atoms with Gasteiger partial charge in [-0.3, -0.25) is 9.36 Å². The van der Waals surface area contributed by atoms with Crippen LogP contribution in [0.3, 0.4) is 0 Å². The van der Waals surface area contributed by atoms with E-state index < -0.39 is 54.0 Å². The van der Waals surface area contributed by atoms with E-state index in [0.717, 1.165) is 16.7 Å². The summed E-state index contributed by atoms with van der Waals surface area (Å²) in [6.07, 6.45) is -1.25. The van der Waals surface area contributed by atoms with E-state index in [0.29, 0.717) is 17.1 Å². The van der Waals surface area contributed by atoms with E-state index in [1.54, 1.807) is 38.5 Å². The predicted molar refractivity (Wildman–Crippen MR) is 210 cm³/mol. The molecule has 0 saturated carbocycles. The lowest BCUT2D eigenvalue weighted by atomic mass is 9.80. The lowest BCUT2D eigenvalue weighted by molar-refractivity contribution is -0.173. The number of amides is 1. The smallest absolute Gasteiger partial charge is 0.471 e. The highest BCUT2D eigenvalue weighted by molar-refractivity contribution is 5.81. The minimum absolute atomic E-state index is 0.0171. The average Bonchev–Trinajstić information content (AvgIpc) is 3.57. The first kappa shape index (κ1) is 42.6. The SMILES string of the molecule is COc1ccc(C(OCC2OC(n3cc(/C=C/CNC(=O)C(F)(F)F)c(/N=C\N(C)C)nc3=O)CC2OC(C)(C)C)(c2ccccc2)c2ccc(OC)cc2)cc1. The van der Waals surface area contributed by atoms with Gasteiger partial charge in [0.15, 0.2) is 5.82 Å². The number of carbonyl (C=O) groups excluding carboxylic acids is 1. The number of nitrogens with one attached hydrogen (secondary N) is 1. The summed E-state index contributed by atoms with van der Waals surface area (Å²) < 4.78 is 70.9. The zero-order chi connectivity index (χ0) is 41.4. The van der Waals surface area contributed by atoms with Crippen molar-refractivity contribution in [3.8, 4) is 11.5 Å². The fourth-order valence-corrected chi connectivity index (χ4v) is 6.39. The number of hydrogen-bond donors (Lipinski definition) is 1. The highest BCUT2D eigenvalue weighted by Crippen LogP contribution is 2.43. The Balaban J connectivity index is 1.54. The maximum Gasteiger partial charge on any atom is 0.471 e. The summed E-state index contributed by atoms with van der Waals surface area (Å²) in [5, 5.41) is 1.80. The quantitative estimate of drug-likeness (QED) is 0.0801. The molecular formula is C42H48F3N5O7. The molecule has 1 aliphatic rings. The molecular weight excluding hydrogens is 743 g/mol. The predicted octanol–water partition coefficient (Wildman–Crippen LogP) is 6.65. The first-order valence-electron chi connectivity index (χ1n) is 18.2. The molecule has 5 rings (SSSR count). The van der Waals surface area contributed by atoms with E-state index in [1.807, 2.05) is 99.6 Å². The van der Waals surface area contributed by atoms with E-state index in [2.05, 4.69) is 9.98 Å². The molecule has 3 atom stereocenters. The summed E-state index contributed by atoms with van der Waals surface area (Å²) in [5.74, 6) is -0.702. The van der Waals surface area contributed by atoms with Gasteiger partial charge in [-0.15, -0.1) is 0 Å². The number of hydrogen-bond acceptors (Lipinski definition) is 9. The van der Waals surface area contributed by atoms with Crippen molar-refractivity contribution in [2.24, 2.45) is 4.99 Å². The number of nitrogens with zero attached hydrogens (tertiary/aromatic N) is 4. The molecule has 12 nitrogen and oxygen atoms in total. The molecule has 3 aromatic carbocycles. The number of benzene rings is 3. The van der Waals surface area contributed by atoms with Gasteiger partial charge in [0.25, 0.3) is 0 Å². The molecule has 1 fully saturated rings. The summed E-state index contributed by atoms with van der Waals surface area (Å²) in [5.41, 5.74) is 0.357. The second kappa shape index (κ2) is 18.2. The third kappa shape index (κ3) is 10.7. The maximum absolute atomic E-state index is 13.6. The van der Waals surface area contributed by atoms with Crippen molar-refractivity contribution in [2.75, 3.05) is 41.5 Å². The van der Waals surface area contributed by atoms with Crippen LogP contribution in [0.1, 0.15) is 55.7 Å². The molecule has 2 heterocycles. The van der Waals surface area contributed by atoms with Crippen LogP contribution in [0.15, 0.2) is 101 Å². The molecule has 3 unspecified atom stereocenters. The summed E-state index contributed by atoms with van der Waals surface area (Å²) in [7, 11) is 6.66. The standard InChI is InChI=1S/C42H48F3N5O7/c1-40(2,3)57-34-24-36(50-25-28(12-11-23-46-38(51)42(43,44)45)37(48-39(50)52)47-27-49(4)5)56-35(34)26-55-41(29-13-9-8-10-14-29,30-15-19-32(53-6)20-16-30)31-17-21-33(54-7)22-18-31/h8-22,25,27,34-36H,23-24,26H2,1-7H3,(H,46,51)/b12-11+,47-27-. The fraction of sp³-hybridized carbons (Fsp3) is 0.381. The number of methoxy groups -OCH3 is 2. The van der Waals surface area contributed by atoms with Crippen molar-refractivity contribution >= 4 is 24.1 Å². The van der Waals surface area contributed by atoms with Crippen LogP contribution < -0.4 is 20.5 Å². The van der Waals surface area contributed by atoms with E-state index in [-0.39, 0.29) is 18.8 Å². The number of alkyl halides is 3. The minimum Gasteiger partial charge on any atom is -0.497 e. The molecule has 4 aromatic rings. The lowest BCUT2D eigenvalue weighted by Gasteiger charge is -2.37.